The molecule has 1 saturated heterocycles. The van der Waals surface area contributed by atoms with Crippen molar-refractivity contribution < 1.29 is 13.2 Å². The lowest BCUT2D eigenvalue weighted by Gasteiger charge is -2.22. The minimum absolute atomic E-state index is 0.148. The summed E-state index contributed by atoms with van der Waals surface area (Å²) in [5.74, 6) is 0.592. The van der Waals surface area contributed by atoms with E-state index in [1.165, 1.54) is 6.20 Å². The van der Waals surface area contributed by atoms with Gasteiger partial charge in [-0.25, -0.2) is 13.1 Å². The van der Waals surface area contributed by atoms with Gasteiger partial charge in [-0.2, -0.15) is 0 Å². The molecule has 0 unspecified atom stereocenters. The lowest BCUT2D eigenvalue weighted by molar-refractivity contribution is 0.0655. The van der Waals surface area contributed by atoms with E-state index in [0.29, 0.717) is 23.1 Å². The number of aromatic nitrogens is 1. The van der Waals surface area contributed by atoms with E-state index in [9.17, 15) is 8.42 Å². The lowest BCUT2D eigenvalue weighted by atomic mass is 9.98. The molecule has 0 aromatic carbocycles. The highest BCUT2D eigenvalue weighted by atomic mass is 35.5. The molecule has 0 radical (unpaired) electrons. The third-order valence-corrected chi connectivity index (χ3v) is 5.40. The fraction of sp³-hybridized carbons (Fsp3) is 0.643. The number of halogens is 1. The van der Waals surface area contributed by atoms with Gasteiger partial charge in [-0.05, 0) is 44.2 Å². The molecule has 0 aliphatic carbocycles. The smallest absolute Gasteiger partial charge is 0.212 e. The second-order valence-electron chi connectivity index (χ2n) is 5.40. The van der Waals surface area contributed by atoms with Gasteiger partial charge in [-0.1, -0.05) is 11.6 Å². The average Bonchev–Trinajstić information content (AvgIpc) is 2.46. The summed E-state index contributed by atoms with van der Waals surface area (Å²) in [5.41, 5.74) is 0.661. The summed E-state index contributed by atoms with van der Waals surface area (Å²) in [7, 11) is -3.30. The van der Waals surface area contributed by atoms with Gasteiger partial charge in [0.05, 0.1) is 22.5 Å². The van der Waals surface area contributed by atoms with Crippen LogP contribution in [0, 0.1) is 5.92 Å². The number of ether oxygens (including phenoxy) is 1. The first-order chi connectivity index (χ1) is 9.96. The number of rotatable bonds is 6. The van der Waals surface area contributed by atoms with Crippen LogP contribution in [0.2, 0.25) is 5.02 Å². The number of nitrogens with one attached hydrogen (secondary N) is 1. The molecule has 1 fully saturated rings. The van der Waals surface area contributed by atoms with E-state index in [-0.39, 0.29) is 11.8 Å². The third kappa shape index (κ3) is 5.54. The Morgan fingerprint density at radius 1 is 1.43 bits per heavy atom. The van der Waals surface area contributed by atoms with Crippen molar-refractivity contribution in [2.75, 3.05) is 19.0 Å². The molecular formula is C14H21ClN2O3S. The van der Waals surface area contributed by atoms with Gasteiger partial charge in [0.15, 0.2) is 0 Å². The first-order valence-corrected chi connectivity index (χ1v) is 9.18. The SMILES string of the molecule is C[C@H](NS(=O)(=O)CCC1CCOCC1)c1ccc(Cl)cn1. The van der Waals surface area contributed by atoms with E-state index in [1.54, 1.807) is 19.1 Å². The zero-order valence-corrected chi connectivity index (χ0v) is 13.7. The van der Waals surface area contributed by atoms with E-state index < -0.39 is 10.0 Å². The van der Waals surface area contributed by atoms with Crippen LogP contribution in [0.1, 0.15) is 37.9 Å². The zero-order valence-electron chi connectivity index (χ0n) is 12.1. The van der Waals surface area contributed by atoms with Crippen molar-refractivity contribution in [2.24, 2.45) is 5.92 Å². The Bertz CT molecular complexity index is 542. The second-order valence-corrected chi connectivity index (χ2v) is 7.71. The van der Waals surface area contributed by atoms with Gasteiger partial charge >= 0.3 is 0 Å². The summed E-state index contributed by atoms with van der Waals surface area (Å²) in [4.78, 5) is 4.14. The Labute approximate surface area is 131 Å². The first-order valence-electron chi connectivity index (χ1n) is 7.15. The number of sulfonamides is 1. The molecule has 0 amide bonds. The highest BCUT2D eigenvalue weighted by molar-refractivity contribution is 7.89. The van der Waals surface area contributed by atoms with Crippen molar-refractivity contribution in [3.63, 3.8) is 0 Å². The topological polar surface area (TPSA) is 68.3 Å². The summed E-state index contributed by atoms with van der Waals surface area (Å²) in [6.07, 6.45) is 4.09. The third-order valence-electron chi connectivity index (χ3n) is 3.69. The second kappa shape index (κ2) is 7.54. The summed E-state index contributed by atoms with van der Waals surface area (Å²) >= 11 is 5.77. The van der Waals surface area contributed by atoms with E-state index in [4.69, 9.17) is 16.3 Å². The quantitative estimate of drug-likeness (QED) is 0.869. The van der Waals surface area contributed by atoms with Crippen molar-refractivity contribution in [1.29, 1.82) is 0 Å². The van der Waals surface area contributed by atoms with E-state index in [2.05, 4.69) is 9.71 Å². The van der Waals surface area contributed by atoms with Gasteiger partial charge in [-0.15, -0.1) is 0 Å². The molecule has 118 valence electrons. The Hall–Kier alpha value is -0.690. The fourth-order valence-electron chi connectivity index (χ4n) is 2.39. The Morgan fingerprint density at radius 3 is 2.76 bits per heavy atom. The molecule has 0 saturated carbocycles. The van der Waals surface area contributed by atoms with Crippen LogP contribution >= 0.6 is 11.6 Å². The minimum Gasteiger partial charge on any atom is -0.381 e. The van der Waals surface area contributed by atoms with E-state index >= 15 is 0 Å². The van der Waals surface area contributed by atoms with Gasteiger partial charge in [0.1, 0.15) is 0 Å². The van der Waals surface area contributed by atoms with Crippen molar-refractivity contribution in [3.05, 3.63) is 29.0 Å². The molecule has 1 N–H and O–H groups in total. The fourth-order valence-corrected chi connectivity index (χ4v) is 3.92. The Kier molecular flexibility index (Phi) is 5.98. The molecule has 7 heteroatoms. The van der Waals surface area contributed by atoms with Crippen molar-refractivity contribution in [1.82, 2.24) is 9.71 Å². The maximum Gasteiger partial charge on any atom is 0.212 e. The summed E-state index contributed by atoms with van der Waals surface area (Å²) in [5, 5.41) is 0.535. The van der Waals surface area contributed by atoms with Crippen LogP contribution in [0.25, 0.3) is 0 Å². The molecule has 0 spiro atoms. The summed E-state index contributed by atoms with van der Waals surface area (Å²) in [6.45, 7) is 3.26. The van der Waals surface area contributed by atoms with Crippen molar-refractivity contribution in [3.8, 4) is 0 Å². The van der Waals surface area contributed by atoms with Crippen LogP contribution in [0.3, 0.4) is 0 Å². The molecule has 1 atom stereocenters. The average molecular weight is 333 g/mol. The van der Waals surface area contributed by atoms with Gasteiger partial charge < -0.3 is 4.74 Å². The number of hydrogen-bond acceptors (Lipinski definition) is 4. The molecule has 1 aromatic rings. The molecule has 2 rings (SSSR count). The molecule has 0 bridgehead atoms. The van der Waals surface area contributed by atoms with Crippen LogP contribution in [0.4, 0.5) is 0 Å². The number of hydrogen-bond donors (Lipinski definition) is 1. The van der Waals surface area contributed by atoms with Crippen molar-refractivity contribution in [2.45, 2.75) is 32.2 Å². The summed E-state index contributed by atoms with van der Waals surface area (Å²) in [6, 6.07) is 3.08. The van der Waals surface area contributed by atoms with Gasteiger partial charge in [0.25, 0.3) is 0 Å². The van der Waals surface area contributed by atoms with Gasteiger partial charge in [-0.3, -0.25) is 4.98 Å². The molecule has 2 heterocycles. The highest BCUT2D eigenvalue weighted by Crippen LogP contribution is 2.20. The maximum atomic E-state index is 12.1. The zero-order chi connectivity index (χ0) is 15.3. The van der Waals surface area contributed by atoms with Crippen molar-refractivity contribution >= 4 is 21.6 Å². The van der Waals surface area contributed by atoms with Gasteiger partial charge in [0, 0.05) is 19.4 Å². The van der Waals surface area contributed by atoms with Gasteiger partial charge in [0.2, 0.25) is 10.0 Å². The van der Waals surface area contributed by atoms with Crippen LogP contribution in [0.5, 0.6) is 0 Å². The molecule has 1 aromatic heterocycles. The molecule has 21 heavy (non-hydrogen) atoms. The largest absolute Gasteiger partial charge is 0.381 e. The molecule has 1 aliphatic heterocycles. The minimum atomic E-state index is -3.30. The molecule has 1 aliphatic rings. The summed E-state index contributed by atoms with van der Waals surface area (Å²) < 4.78 is 32.2. The first kappa shape index (κ1) is 16.7. The van der Waals surface area contributed by atoms with Crippen LogP contribution in [-0.2, 0) is 14.8 Å². The predicted octanol–water partition coefficient (Wildman–Crippen LogP) is 2.53. The molecule has 5 nitrogen and oxygen atoms in total. The molecular weight excluding hydrogens is 312 g/mol. The van der Waals surface area contributed by atoms with E-state index in [1.807, 2.05) is 0 Å². The normalized spacial score (nSPS) is 18.6. The maximum absolute atomic E-state index is 12.1. The number of nitrogens with zero attached hydrogens (tertiary/aromatic N) is 1. The predicted molar refractivity (Wildman–Crippen MR) is 82.7 cm³/mol. The van der Waals surface area contributed by atoms with Crippen LogP contribution in [-0.4, -0.2) is 32.4 Å². The standard InChI is InChI=1S/C14H21ClN2O3S/c1-11(14-3-2-13(15)10-16-14)17-21(18,19)9-6-12-4-7-20-8-5-12/h2-3,10-12,17H,4-9H2,1H3/t11-/m0/s1. The highest BCUT2D eigenvalue weighted by Gasteiger charge is 2.20. The Morgan fingerprint density at radius 2 is 2.14 bits per heavy atom. The van der Waals surface area contributed by atoms with Crippen LogP contribution in [0.15, 0.2) is 18.3 Å². The monoisotopic (exact) mass is 332 g/mol. The Balaban J connectivity index is 1.86. The van der Waals surface area contributed by atoms with Crippen LogP contribution < -0.4 is 4.72 Å². The lowest BCUT2D eigenvalue weighted by Crippen LogP contribution is -2.31. The number of pyridine rings is 1. The van der Waals surface area contributed by atoms with E-state index in [0.717, 1.165) is 26.1 Å².